The van der Waals surface area contributed by atoms with Crippen LogP contribution in [0.3, 0.4) is 0 Å². The lowest BCUT2D eigenvalue weighted by Crippen LogP contribution is -2.37. The van der Waals surface area contributed by atoms with Gasteiger partial charge in [0.15, 0.2) is 0 Å². The Morgan fingerprint density at radius 3 is 2.64 bits per heavy atom. The molecule has 4 heteroatoms. The molecule has 3 N–H and O–H groups in total. The first-order valence-corrected chi connectivity index (χ1v) is 9.00. The second-order valence-corrected chi connectivity index (χ2v) is 6.72. The molecule has 0 aromatic heterocycles. The molecule has 0 aliphatic heterocycles. The zero-order chi connectivity index (χ0) is 17.5. The Hall–Kier alpha value is -2.33. The van der Waals surface area contributed by atoms with Crippen molar-refractivity contribution in [2.24, 2.45) is 11.7 Å². The van der Waals surface area contributed by atoms with Crippen molar-refractivity contribution in [3.63, 3.8) is 0 Å². The summed E-state index contributed by atoms with van der Waals surface area (Å²) in [5, 5.41) is 3.05. The normalized spacial score (nSPS) is 20.0. The average molecular weight is 338 g/mol. The summed E-state index contributed by atoms with van der Waals surface area (Å²) < 4.78 is 5.95. The summed E-state index contributed by atoms with van der Waals surface area (Å²) in [5.41, 5.74) is 8.10. The molecule has 132 valence electrons. The highest BCUT2D eigenvalue weighted by atomic mass is 16.5. The van der Waals surface area contributed by atoms with E-state index in [4.69, 9.17) is 10.5 Å². The molecule has 0 spiro atoms. The molecule has 2 unspecified atom stereocenters. The quantitative estimate of drug-likeness (QED) is 0.848. The molecular weight excluding hydrogens is 312 g/mol. The Labute approximate surface area is 149 Å². The third-order valence-electron chi connectivity index (χ3n) is 4.75. The third-order valence-corrected chi connectivity index (χ3v) is 4.75. The fourth-order valence-corrected chi connectivity index (χ4v) is 3.32. The minimum atomic E-state index is 0.0427. The van der Waals surface area contributed by atoms with Crippen LogP contribution < -0.4 is 15.8 Å². The Balaban J connectivity index is 1.56. The third kappa shape index (κ3) is 5.07. The number of ether oxygens (including phenoxy) is 1. The molecule has 1 saturated carbocycles. The van der Waals surface area contributed by atoms with Crippen molar-refractivity contribution in [2.75, 3.05) is 0 Å². The van der Waals surface area contributed by atoms with Crippen LogP contribution in [0.25, 0.3) is 0 Å². The van der Waals surface area contributed by atoms with Gasteiger partial charge in [0.1, 0.15) is 12.4 Å². The van der Waals surface area contributed by atoms with Crippen molar-refractivity contribution >= 4 is 5.91 Å². The number of amides is 1. The van der Waals surface area contributed by atoms with Crippen molar-refractivity contribution < 1.29 is 9.53 Å². The number of benzene rings is 2. The molecule has 2 aromatic carbocycles. The van der Waals surface area contributed by atoms with Crippen molar-refractivity contribution in [3.8, 4) is 5.75 Å². The predicted octanol–water partition coefficient (Wildman–Crippen LogP) is 3.40. The Morgan fingerprint density at radius 1 is 1.08 bits per heavy atom. The molecule has 1 aliphatic rings. The van der Waals surface area contributed by atoms with Gasteiger partial charge in [-0.25, -0.2) is 0 Å². The molecule has 25 heavy (non-hydrogen) atoms. The molecule has 1 aliphatic carbocycles. The predicted molar refractivity (Wildman–Crippen MR) is 99.0 cm³/mol. The molecule has 2 aromatic rings. The van der Waals surface area contributed by atoms with Crippen LogP contribution in [0.4, 0.5) is 0 Å². The first-order valence-electron chi connectivity index (χ1n) is 9.00. The van der Waals surface area contributed by atoms with Gasteiger partial charge in [-0.15, -0.1) is 0 Å². The molecule has 0 saturated heterocycles. The van der Waals surface area contributed by atoms with Gasteiger partial charge >= 0.3 is 0 Å². The Morgan fingerprint density at radius 2 is 1.84 bits per heavy atom. The SMILES string of the molecule is NC1CCCC(C(=O)NCc2ccccc2OCc2ccccc2)C1. The lowest BCUT2D eigenvalue weighted by Gasteiger charge is -2.25. The molecular formula is C21H26N2O2. The van der Waals surface area contributed by atoms with E-state index in [0.717, 1.165) is 42.6 Å². The van der Waals surface area contributed by atoms with E-state index in [1.54, 1.807) is 0 Å². The fraction of sp³-hybridized carbons (Fsp3) is 0.381. The molecule has 1 fully saturated rings. The van der Waals surface area contributed by atoms with Gasteiger partial charge in [-0.05, 0) is 30.9 Å². The van der Waals surface area contributed by atoms with Crippen molar-refractivity contribution in [3.05, 3.63) is 65.7 Å². The van der Waals surface area contributed by atoms with Crippen molar-refractivity contribution in [2.45, 2.75) is 44.9 Å². The van der Waals surface area contributed by atoms with E-state index in [1.807, 2.05) is 54.6 Å². The van der Waals surface area contributed by atoms with Crippen LogP contribution in [0.15, 0.2) is 54.6 Å². The van der Waals surface area contributed by atoms with Gasteiger partial charge in [0.05, 0.1) is 0 Å². The number of carbonyl (C=O) groups is 1. The van der Waals surface area contributed by atoms with Gasteiger partial charge < -0.3 is 15.8 Å². The minimum absolute atomic E-state index is 0.0427. The van der Waals surface area contributed by atoms with E-state index in [9.17, 15) is 4.79 Å². The van der Waals surface area contributed by atoms with Crippen LogP contribution in [0.2, 0.25) is 0 Å². The smallest absolute Gasteiger partial charge is 0.223 e. The average Bonchev–Trinajstić information content (AvgIpc) is 2.66. The maximum atomic E-state index is 12.4. The number of hydrogen-bond donors (Lipinski definition) is 2. The number of para-hydroxylation sites is 1. The highest BCUT2D eigenvalue weighted by Crippen LogP contribution is 2.24. The Bertz CT molecular complexity index is 687. The standard InChI is InChI=1S/C21H26N2O2/c22-19-11-6-10-17(13-19)21(24)23-14-18-9-4-5-12-20(18)25-15-16-7-2-1-3-8-16/h1-5,7-9,12,17,19H,6,10-11,13-15,22H2,(H,23,24). The summed E-state index contributed by atoms with van der Waals surface area (Å²) in [6.07, 6.45) is 3.79. The van der Waals surface area contributed by atoms with Gasteiger partial charge in [0, 0.05) is 24.1 Å². The number of rotatable bonds is 6. The van der Waals surface area contributed by atoms with Gasteiger partial charge in [-0.2, -0.15) is 0 Å². The first kappa shape index (κ1) is 17.5. The van der Waals surface area contributed by atoms with E-state index < -0.39 is 0 Å². The van der Waals surface area contributed by atoms with E-state index in [-0.39, 0.29) is 17.9 Å². The minimum Gasteiger partial charge on any atom is -0.489 e. The molecule has 4 nitrogen and oxygen atoms in total. The lowest BCUT2D eigenvalue weighted by molar-refractivity contribution is -0.126. The van der Waals surface area contributed by atoms with E-state index in [1.165, 1.54) is 0 Å². The lowest BCUT2D eigenvalue weighted by atomic mass is 9.85. The summed E-state index contributed by atoms with van der Waals surface area (Å²) in [4.78, 5) is 12.4. The van der Waals surface area contributed by atoms with Gasteiger partial charge in [-0.1, -0.05) is 55.0 Å². The first-order chi connectivity index (χ1) is 12.2. The van der Waals surface area contributed by atoms with Crippen LogP contribution in [-0.4, -0.2) is 11.9 Å². The van der Waals surface area contributed by atoms with Crippen LogP contribution in [0.1, 0.15) is 36.8 Å². The summed E-state index contributed by atoms with van der Waals surface area (Å²) in [6, 6.07) is 18.1. The molecule has 3 rings (SSSR count). The van der Waals surface area contributed by atoms with Crippen LogP contribution >= 0.6 is 0 Å². The monoisotopic (exact) mass is 338 g/mol. The van der Waals surface area contributed by atoms with Gasteiger partial charge in [0.25, 0.3) is 0 Å². The maximum absolute atomic E-state index is 12.4. The molecule has 0 bridgehead atoms. The number of hydrogen-bond acceptors (Lipinski definition) is 3. The van der Waals surface area contributed by atoms with Crippen LogP contribution in [-0.2, 0) is 17.9 Å². The summed E-state index contributed by atoms with van der Waals surface area (Å²) >= 11 is 0. The zero-order valence-electron chi connectivity index (χ0n) is 14.5. The second-order valence-electron chi connectivity index (χ2n) is 6.72. The molecule has 1 amide bonds. The summed E-state index contributed by atoms with van der Waals surface area (Å²) in [5.74, 6) is 0.959. The molecule has 0 heterocycles. The Kier molecular flexibility index (Phi) is 6.07. The van der Waals surface area contributed by atoms with E-state index in [0.29, 0.717) is 13.2 Å². The van der Waals surface area contributed by atoms with E-state index in [2.05, 4.69) is 5.32 Å². The van der Waals surface area contributed by atoms with Crippen LogP contribution in [0, 0.1) is 5.92 Å². The van der Waals surface area contributed by atoms with Gasteiger partial charge in [-0.3, -0.25) is 4.79 Å². The topological polar surface area (TPSA) is 64.4 Å². The second kappa shape index (κ2) is 8.67. The number of carbonyl (C=O) groups excluding carboxylic acids is 1. The number of nitrogens with two attached hydrogens (primary N) is 1. The fourth-order valence-electron chi connectivity index (χ4n) is 3.32. The van der Waals surface area contributed by atoms with Gasteiger partial charge in [0.2, 0.25) is 5.91 Å². The maximum Gasteiger partial charge on any atom is 0.223 e. The summed E-state index contributed by atoms with van der Waals surface area (Å²) in [6.45, 7) is 0.999. The van der Waals surface area contributed by atoms with Crippen molar-refractivity contribution in [1.82, 2.24) is 5.32 Å². The van der Waals surface area contributed by atoms with Crippen molar-refractivity contribution in [1.29, 1.82) is 0 Å². The highest BCUT2D eigenvalue weighted by Gasteiger charge is 2.25. The number of nitrogens with one attached hydrogen (secondary N) is 1. The zero-order valence-corrected chi connectivity index (χ0v) is 14.5. The largest absolute Gasteiger partial charge is 0.489 e. The molecule has 2 atom stereocenters. The highest BCUT2D eigenvalue weighted by molar-refractivity contribution is 5.78. The molecule has 0 radical (unpaired) electrons. The van der Waals surface area contributed by atoms with E-state index >= 15 is 0 Å². The summed E-state index contributed by atoms with van der Waals surface area (Å²) in [7, 11) is 0. The van der Waals surface area contributed by atoms with Crippen LogP contribution in [0.5, 0.6) is 5.75 Å².